The van der Waals surface area contributed by atoms with Crippen LogP contribution in [0.5, 0.6) is 5.75 Å². The third-order valence-corrected chi connectivity index (χ3v) is 3.51. The molecule has 4 N–H and O–H groups in total. The molecule has 156 valence electrons. The second-order valence-electron chi connectivity index (χ2n) is 6.15. The van der Waals surface area contributed by atoms with Crippen LogP contribution < -0.4 is 26.0 Å². The second-order valence-corrected chi connectivity index (χ2v) is 6.15. The Balaban J connectivity index is 0. The number of rotatable bonds is 5. The highest BCUT2D eigenvalue weighted by Crippen LogP contribution is 2.34. The Morgan fingerprint density at radius 2 is 1.85 bits per heavy atom. The van der Waals surface area contributed by atoms with Crippen molar-refractivity contribution >= 4 is 23.0 Å². The molecule has 0 spiro atoms. The van der Waals surface area contributed by atoms with Crippen molar-refractivity contribution in [1.82, 2.24) is 5.32 Å². The third kappa shape index (κ3) is 11.1. The summed E-state index contributed by atoms with van der Waals surface area (Å²) in [5.41, 5.74) is 8.38. The molecule has 6 heteroatoms. The summed E-state index contributed by atoms with van der Waals surface area (Å²) in [7, 11) is 7.19. The number of anilines is 3. The molecule has 1 aromatic carbocycles. The minimum atomic E-state index is 0.610. The van der Waals surface area contributed by atoms with Gasteiger partial charge in [-0.25, -0.2) is 0 Å². The molecule has 0 saturated carbocycles. The first-order valence-corrected chi connectivity index (χ1v) is 9.56. The summed E-state index contributed by atoms with van der Waals surface area (Å²) in [6.45, 7) is 12.6. The predicted molar refractivity (Wildman–Crippen MR) is 123 cm³/mol. The lowest BCUT2D eigenvalue weighted by atomic mass is 10.2. The molecule has 1 rings (SSSR count). The fourth-order valence-electron chi connectivity index (χ4n) is 1.69. The lowest BCUT2D eigenvalue weighted by Gasteiger charge is -2.19. The van der Waals surface area contributed by atoms with Gasteiger partial charge in [-0.1, -0.05) is 47.1 Å². The summed E-state index contributed by atoms with van der Waals surface area (Å²) in [6.07, 6.45) is 4.98. The van der Waals surface area contributed by atoms with Crippen molar-refractivity contribution in [3.63, 3.8) is 0 Å². The number of allylic oxidation sites excluding steroid dienone is 1. The van der Waals surface area contributed by atoms with Gasteiger partial charge in [0, 0.05) is 27.2 Å². The van der Waals surface area contributed by atoms with Crippen molar-refractivity contribution in [2.75, 3.05) is 44.2 Å². The molecule has 0 heterocycles. The van der Waals surface area contributed by atoms with Crippen LogP contribution in [0.15, 0.2) is 29.4 Å². The van der Waals surface area contributed by atoms with Crippen LogP contribution in [-0.2, 0) is 0 Å². The van der Waals surface area contributed by atoms with E-state index in [4.69, 9.17) is 10.5 Å². The second kappa shape index (κ2) is 15.9. The Morgan fingerprint density at radius 1 is 1.30 bits per heavy atom. The zero-order valence-corrected chi connectivity index (χ0v) is 19.0. The standard InChI is InChI=1S/C14H23N5O.C5H12.C2H6/c1-6-7-17-14(16-2)18-11-8-10(15)12(19(3)4)9-13(11)20-5;1-4-5(2)3;1-2/h6-9H,15H2,1-5H3,(H2,16,17,18);5H,4H2,1-3H3;1-2H3/b7-6-;;. The number of aliphatic imine (C=N–C) groups is 1. The van der Waals surface area contributed by atoms with Crippen molar-refractivity contribution in [3.05, 3.63) is 24.4 Å². The normalized spacial score (nSPS) is 10.6. The Labute approximate surface area is 166 Å². The van der Waals surface area contributed by atoms with Crippen LogP contribution >= 0.6 is 0 Å². The number of hydrogen-bond acceptors (Lipinski definition) is 4. The highest BCUT2D eigenvalue weighted by atomic mass is 16.5. The van der Waals surface area contributed by atoms with Crippen molar-refractivity contribution in [1.29, 1.82) is 0 Å². The molecule has 6 nitrogen and oxygen atoms in total. The molecule has 0 radical (unpaired) electrons. The van der Waals surface area contributed by atoms with Crippen LogP contribution in [0.3, 0.4) is 0 Å². The zero-order valence-electron chi connectivity index (χ0n) is 19.0. The minimum Gasteiger partial charge on any atom is -0.494 e. The Bertz CT molecular complexity index is 566. The zero-order chi connectivity index (χ0) is 21.4. The molecular weight excluding hydrogens is 338 g/mol. The molecule has 0 saturated heterocycles. The summed E-state index contributed by atoms with van der Waals surface area (Å²) in [6, 6.07) is 3.72. The molecule has 0 fully saturated rings. The SMILES string of the molecule is C/C=C\NC(=NC)Nc1cc(N)c(N(C)C)cc1OC.CC.CCC(C)C. The molecule has 0 amide bonds. The van der Waals surface area contributed by atoms with E-state index in [1.165, 1.54) is 6.42 Å². The Kier molecular flexibility index (Phi) is 15.8. The van der Waals surface area contributed by atoms with Crippen LogP contribution in [0, 0.1) is 5.92 Å². The summed E-state index contributed by atoms with van der Waals surface area (Å²) < 4.78 is 5.40. The highest BCUT2D eigenvalue weighted by Gasteiger charge is 2.11. The third-order valence-electron chi connectivity index (χ3n) is 3.51. The summed E-state index contributed by atoms with van der Waals surface area (Å²) >= 11 is 0. The van der Waals surface area contributed by atoms with Gasteiger partial charge in [0.2, 0.25) is 0 Å². The van der Waals surface area contributed by atoms with Gasteiger partial charge >= 0.3 is 0 Å². The van der Waals surface area contributed by atoms with E-state index in [1.54, 1.807) is 20.4 Å². The van der Waals surface area contributed by atoms with Gasteiger partial charge in [0.1, 0.15) is 5.75 Å². The van der Waals surface area contributed by atoms with E-state index in [0.29, 0.717) is 17.4 Å². The van der Waals surface area contributed by atoms with Crippen LogP contribution in [0.1, 0.15) is 48.0 Å². The molecule has 0 unspecified atom stereocenters. The van der Waals surface area contributed by atoms with Gasteiger partial charge in [-0.05, 0) is 25.1 Å². The van der Waals surface area contributed by atoms with E-state index in [-0.39, 0.29) is 0 Å². The highest BCUT2D eigenvalue weighted by molar-refractivity contribution is 5.96. The molecule has 0 aliphatic carbocycles. The van der Waals surface area contributed by atoms with Crippen LogP contribution in [0.25, 0.3) is 0 Å². The number of hydrogen-bond donors (Lipinski definition) is 3. The number of nitrogens with two attached hydrogens (primary N) is 1. The molecule has 0 bridgehead atoms. The Morgan fingerprint density at radius 3 is 2.22 bits per heavy atom. The Hall–Kier alpha value is -2.37. The predicted octanol–water partition coefficient (Wildman–Crippen LogP) is 4.94. The topological polar surface area (TPSA) is 74.9 Å². The smallest absolute Gasteiger partial charge is 0.199 e. The quantitative estimate of drug-likeness (QED) is 0.384. The van der Waals surface area contributed by atoms with Crippen molar-refractivity contribution < 1.29 is 4.74 Å². The average Bonchev–Trinajstić information content (AvgIpc) is 2.66. The largest absolute Gasteiger partial charge is 0.494 e. The van der Waals surface area contributed by atoms with Gasteiger partial charge in [-0.15, -0.1) is 0 Å². The molecule has 0 aromatic heterocycles. The van der Waals surface area contributed by atoms with E-state index in [2.05, 4.69) is 36.4 Å². The number of nitrogens with zero attached hydrogens (tertiary/aromatic N) is 2. The average molecular weight is 380 g/mol. The summed E-state index contributed by atoms with van der Waals surface area (Å²) in [4.78, 5) is 6.06. The molecule has 27 heavy (non-hydrogen) atoms. The lowest BCUT2D eigenvalue weighted by molar-refractivity contribution is 0.417. The number of benzene rings is 1. The van der Waals surface area contributed by atoms with Gasteiger partial charge in [-0.3, -0.25) is 4.99 Å². The van der Waals surface area contributed by atoms with Crippen molar-refractivity contribution in [2.24, 2.45) is 10.9 Å². The van der Waals surface area contributed by atoms with Gasteiger partial charge in [0.25, 0.3) is 0 Å². The molecular formula is C21H41N5O. The first-order valence-electron chi connectivity index (χ1n) is 9.56. The number of methoxy groups -OCH3 is 1. The minimum absolute atomic E-state index is 0.610. The van der Waals surface area contributed by atoms with Gasteiger partial charge in [-0.2, -0.15) is 0 Å². The number of ether oxygens (including phenoxy) is 1. The van der Waals surface area contributed by atoms with E-state index in [1.807, 2.05) is 58.0 Å². The first-order chi connectivity index (χ1) is 12.8. The van der Waals surface area contributed by atoms with E-state index >= 15 is 0 Å². The molecule has 0 aliphatic heterocycles. The summed E-state index contributed by atoms with van der Waals surface area (Å²) in [5.74, 6) is 2.19. The van der Waals surface area contributed by atoms with Crippen LogP contribution in [-0.4, -0.2) is 34.2 Å². The fourth-order valence-corrected chi connectivity index (χ4v) is 1.69. The number of nitrogens with one attached hydrogen (secondary N) is 2. The van der Waals surface area contributed by atoms with E-state index < -0.39 is 0 Å². The molecule has 0 atom stereocenters. The molecule has 1 aromatic rings. The number of guanidine groups is 1. The maximum absolute atomic E-state index is 6.05. The monoisotopic (exact) mass is 379 g/mol. The maximum Gasteiger partial charge on any atom is 0.199 e. The van der Waals surface area contributed by atoms with Crippen molar-refractivity contribution in [3.8, 4) is 5.75 Å². The van der Waals surface area contributed by atoms with Crippen LogP contribution in [0.4, 0.5) is 17.1 Å². The van der Waals surface area contributed by atoms with E-state index in [9.17, 15) is 0 Å². The van der Waals surface area contributed by atoms with E-state index in [0.717, 1.165) is 17.3 Å². The van der Waals surface area contributed by atoms with Gasteiger partial charge in [0.15, 0.2) is 5.96 Å². The number of nitrogen functional groups attached to an aromatic ring is 1. The van der Waals surface area contributed by atoms with Gasteiger partial charge < -0.3 is 26.0 Å². The first kappa shape index (κ1) is 26.9. The summed E-state index contributed by atoms with van der Waals surface area (Å²) in [5, 5.41) is 6.18. The molecule has 0 aliphatic rings. The fraction of sp³-hybridized carbons (Fsp3) is 0.571. The van der Waals surface area contributed by atoms with Gasteiger partial charge in [0.05, 0.1) is 24.2 Å². The lowest BCUT2D eigenvalue weighted by Crippen LogP contribution is -2.26. The maximum atomic E-state index is 6.05. The van der Waals surface area contributed by atoms with Crippen molar-refractivity contribution in [2.45, 2.75) is 48.0 Å². The van der Waals surface area contributed by atoms with Crippen LogP contribution in [0.2, 0.25) is 0 Å².